The average molecular weight is 327 g/mol. The first-order valence-electron chi connectivity index (χ1n) is 7.49. The van der Waals surface area contributed by atoms with Crippen LogP contribution in [0.1, 0.15) is 42.5 Å². The number of hydrazine groups is 1. The Morgan fingerprint density at radius 3 is 2.29 bits per heavy atom. The predicted molar refractivity (Wildman–Crippen MR) is 91.6 cm³/mol. The van der Waals surface area contributed by atoms with Crippen LogP contribution in [0.25, 0.3) is 6.08 Å². The van der Waals surface area contributed by atoms with Crippen molar-refractivity contribution in [2.75, 3.05) is 0 Å². The minimum atomic E-state index is -0.619. The predicted octanol–water partition coefficient (Wildman–Crippen LogP) is 2.34. The molecule has 1 aromatic heterocycles. The highest BCUT2D eigenvalue weighted by molar-refractivity contribution is 6.04. The van der Waals surface area contributed by atoms with E-state index in [9.17, 15) is 9.59 Å². The summed E-state index contributed by atoms with van der Waals surface area (Å²) in [5, 5.41) is 2.55. The molecule has 0 aliphatic heterocycles. The number of hydrogen-bond donors (Lipinski definition) is 3. The molecule has 24 heavy (non-hydrogen) atoms. The molecule has 0 aliphatic carbocycles. The maximum Gasteiger partial charge on any atom is 0.281 e. The summed E-state index contributed by atoms with van der Waals surface area (Å²) in [7, 11) is 0. The van der Waals surface area contributed by atoms with Crippen molar-refractivity contribution in [3.63, 3.8) is 0 Å². The van der Waals surface area contributed by atoms with Crippen molar-refractivity contribution in [1.29, 1.82) is 0 Å². The van der Waals surface area contributed by atoms with Crippen LogP contribution in [-0.2, 0) is 10.2 Å². The van der Waals surface area contributed by atoms with E-state index < -0.39 is 11.8 Å². The molecule has 0 spiro atoms. The Labute approximate surface area is 140 Å². The Morgan fingerprint density at radius 2 is 1.79 bits per heavy atom. The van der Waals surface area contributed by atoms with Gasteiger partial charge in [0.05, 0.1) is 6.26 Å². The molecule has 6 nitrogen and oxygen atoms in total. The van der Waals surface area contributed by atoms with Crippen molar-refractivity contribution in [3.05, 3.63) is 65.2 Å². The highest BCUT2D eigenvalue weighted by atomic mass is 16.3. The fourth-order valence-corrected chi connectivity index (χ4v) is 2.07. The Morgan fingerprint density at radius 1 is 1.12 bits per heavy atom. The standard InChI is InChI=1S/C18H21N3O3/c1-18(2,3)13-8-6-12(7-9-13)16(22)20-15(17(23)21-19)11-14-5-4-10-24-14/h4-11H,19H2,1-3H3,(H,20,22)(H,21,23)/b15-11+. The second-order valence-electron chi connectivity index (χ2n) is 6.33. The first-order valence-corrected chi connectivity index (χ1v) is 7.49. The molecule has 1 heterocycles. The van der Waals surface area contributed by atoms with E-state index in [0.717, 1.165) is 5.56 Å². The topological polar surface area (TPSA) is 97.4 Å². The van der Waals surface area contributed by atoms with Crippen molar-refractivity contribution >= 4 is 17.9 Å². The van der Waals surface area contributed by atoms with Crippen LogP contribution in [0.2, 0.25) is 0 Å². The first kappa shape index (κ1) is 17.5. The number of amides is 2. The van der Waals surface area contributed by atoms with Gasteiger partial charge in [-0.1, -0.05) is 32.9 Å². The molecular formula is C18H21N3O3. The van der Waals surface area contributed by atoms with E-state index >= 15 is 0 Å². The van der Waals surface area contributed by atoms with Crippen molar-refractivity contribution < 1.29 is 14.0 Å². The minimum absolute atomic E-state index is 0.00120. The van der Waals surface area contributed by atoms with Crippen LogP contribution in [-0.4, -0.2) is 11.8 Å². The average Bonchev–Trinajstić information content (AvgIpc) is 3.05. The van der Waals surface area contributed by atoms with E-state index in [0.29, 0.717) is 11.3 Å². The lowest BCUT2D eigenvalue weighted by Crippen LogP contribution is -2.38. The zero-order valence-electron chi connectivity index (χ0n) is 13.9. The van der Waals surface area contributed by atoms with Gasteiger partial charge in [0.15, 0.2) is 0 Å². The van der Waals surface area contributed by atoms with E-state index in [4.69, 9.17) is 10.3 Å². The summed E-state index contributed by atoms with van der Waals surface area (Å²) in [6, 6.07) is 10.6. The van der Waals surface area contributed by atoms with E-state index in [1.165, 1.54) is 12.3 Å². The van der Waals surface area contributed by atoms with Crippen molar-refractivity contribution in [2.24, 2.45) is 5.84 Å². The third kappa shape index (κ3) is 4.33. The largest absolute Gasteiger partial charge is 0.465 e. The zero-order chi connectivity index (χ0) is 17.7. The highest BCUT2D eigenvalue weighted by Gasteiger charge is 2.16. The van der Waals surface area contributed by atoms with Gasteiger partial charge in [-0.3, -0.25) is 15.0 Å². The molecule has 126 valence electrons. The van der Waals surface area contributed by atoms with Gasteiger partial charge in [0.1, 0.15) is 11.5 Å². The van der Waals surface area contributed by atoms with E-state index in [1.54, 1.807) is 24.3 Å². The molecule has 4 N–H and O–H groups in total. The van der Waals surface area contributed by atoms with Crippen molar-refractivity contribution in [3.8, 4) is 0 Å². The van der Waals surface area contributed by atoms with Gasteiger partial charge in [0.2, 0.25) is 0 Å². The maximum absolute atomic E-state index is 12.4. The summed E-state index contributed by atoms with van der Waals surface area (Å²) in [5.41, 5.74) is 3.55. The van der Waals surface area contributed by atoms with Gasteiger partial charge in [-0.2, -0.15) is 0 Å². The summed E-state index contributed by atoms with van der Waals surface area (Å²) in [4.78, 5) is 24.2. The van der Waals surface area contributed by atoms with E-state index in [-0.39, 0.29) is 11.1 Å². The van der Waals surface area contributed by atoms with Crippen molar-refractivity contribution in [2.45, 2.75) is 26.2 Å². The molecule has 0 atom stereocenters. The van der Waals surface area contributed by atoms with Crippen LogP contribution in [0, 0.1) is 0 Å². The number of carbonyl (C=O) groups excluding carboxylic acids is 2. The Kier molecular flexibility index (Phi) is 5.21. The fourth-order valence-electron chi connectivity index (χ4n) is 2.07. The summed E-state index contributed by atoms with van der Waals surface area (Å²) < 4.78 is 5.15. The lowest BCUT2D eigenvalue weighted by atomic mass is 9.87. The van der Waals surface area contributed by atoms with Crippen LogP contribution in [0.15, 0.2) is 52.8 Å². The molecule has 0 saturated carbocycles. The molecule has 2 amide bonds. The SMILES string of the molecule is CC(C)(C)c1ccc(C(=O)N/C(=C/c2ccco2)C(=O)NN)cc1. The third-order valence-corrected chi connectivity index (χ3v) is 3.47. The molecule has 0 radical (unpaired) electrons. The van der Waals surface area contributed by atoms with Gasteiger partial charge in [-0.15, -0.1) is 0 Å². The first-order chi connectivity index (χ1) is 11.3. The monoisotopic (exact) mass is 327 g/mol. The fraction of sp³-hybridized carbons (Fsp3) is 0.222. The third-order valence-electron chi connectivity index (χ3n) is 3.47. The van der Waals surface area contributed by atoms with Gasteiger partial charge in [0, 0.05) is 11.6 Å². The number of nitrogens with two attached hydrogens (primary N) is 1. The zero-order valence-corrected chi connectivity index (χ0v) is 13.9. The lowest BCUT2D eigenvalue weighted by Gasteiger charge is -2.19. The van der Waals surface area contributed by atoms with Crippen LogP contribution in [0.5, 0.6) is 0 Å². The summed E-state index contributed by atoms with van der Waals surface area (Å²) in [5.74, 6) is 4.56. The van der Waals surface area contributed by atoms with E-state index in [2.05, 4.69) is 26.1 Å². The summed E-state index contributed by atoms with van der Waals surface area (Å²) in [6.07, 6.45) is 2.88. The Balaban J connectivity index is 2.20. The highest BCUT2D eigenvalue weighted by Crippen LogP contribution is 2.22. The molecule has 0 aliphatic rings. The van der Waals surface area contributed by atoms with Gasteiger partial charge < -0.3 is 9.73 Å². The molecule has 2 rings (SSSR count). The van der Waals surface area contributed by atoms with E-state index in [1.807, 2.05) is 17.6 Å². The second kappa shape index (κ2) is 7.14. The summed E-state index contributed by atoms with van der Waals surface area (Å²) in [6.45, 7) is 6.29. The number of nitrogens with one attached hydrogen (secondary N) is 2. The number of hydrogen-bond acceptors (Lipinski definition) is 4. The number of rotatable bonds is 4. The molecule has 0 bridgehead atoms. The lowest BCUT2D eigenvalue weighted by molar-refractivity contribution is -0.117. The Bertz CT molecular complexity index is 739. The quantitative estimate of drug-likeness (QED) is 0.347. The molecule has 0 saturated heterocycles. The molecule has 0 unspecified atom stereocenters. The normalized spacial score (nSPS) is 11.9. The maximum atomic E-state index is 12.4. The Hall–Kier alpha value is -2.86. The smallest absolute Gasteiger partial charge is 0.281 e. The molecule has 0 fully saturated rings. The van der Waals surface area contributed by atoms with Gasteiger partial charge >= 0.3 is 0 Å². The molecular weight excluding hydrogens is 306 g/mol. The van der Waals surface area contributed by atoms with Gasteiger partial charge in [-0.05, 0) is 35.2 Å². The summed E-state index contributed by atoms with van der Waals surface area (Å²) >= 11 is 0. The second-order valence-corrected chi connectivity index (χ2v) is 6.33. The molecule has 1 aromatic carbocycles. The molecule has 6 heteroatoms. The van der Waals surface area contributed by atoms with Gasteiger partial charge in [0.25, 0.3) is 11.8 Å². The molecule has 2 aromatic rings. The van der Waals surface area contributed by atoms with Gasteiger partial charge in [-0.25, -0.2) is 5.84 Å². The van der Waals surface area contributed by atoms with Crippen LogP contribution in [0.4, 0.5) is 0 Å². The number of carbonyl (C=O) groups is 2. The minimum Gasteiger partial charge on any atom is -0.465 e. The van der Waals surface area contributed by atoms with Crippen molar-refractivity contribution in [1.82, 2.24) is 10.7 Å². The number of benzene rings is 1. The van der Waals surface area contributed by atoms with Crippen LogP contribution < -0.4 is 16.6 Å². The van der Waals surface area contributed by atoms with Crippen LogP contribution >= 0.6 is 0 Å². The number of furan rings is 1. The van der Waals surface area contributed by atoms with Crippen LogP contribution in [0.3, 0.4) is 0 Å².